The highest BCUT2D eigenvalue weighted by molar-refractivity contribution is 5.66. The molecule has 0 radical (unpaired) electrons. The first-order valence-electron chi connectivity index (χ1n) is 5.60. The third-order valence-corrected chi connectivity index (χ3v) is 2.74. The zero-order valence-electron chi connectivity index (χ0n) is 10.4. The Morgan fingerprint density at radius 3 is 2.58 bits per heavy atom. The summed E-state index contributed by atoms with van der Waals surface area (Å²) in [6, 6.07) is 2.51. The van der Waals surface area contributed by atoms with Gasteiger partial charge in [-0.15, -0.1) is 0 Å². The highest BCUT2D eigenvalue weighted by Crippen LogP contribution is 2.35. The quantitative estimate of drug-likeness (QED) is 0.322. The first-order chi connectivity index (χ1) is 8.92. The second kappa shape index (κ2) is 6.32. The Bertz CT molecular complexity index is 466. The molecular weight excluding hydrogens is 254 g/mol. The molecule has 8 nitrogen and oxygen atoms in total. The fourth-order valence-electron chi connectivity index (χ4n) is 1.68. The van der Waals surface area contributed by atoms with Crippen LogP contribution in [0.1, 0.15) is 18.1 Å². The molecular formula is C11H17N3O5. The van der Waals surface area contributed by atoms with Gasteiger partial charge in [0.05, 0.1) is 24.2 Å². The van der Waals surface area contributed by atoms with E-state index in [1.165, 1.54) is 13.2 Å². The Morgan fingerprint density at radius 1 is 1.47 bits per heavy atom. The molecule has 2 atom stereocenters. The van der Waals surface area contributed by atoms with Crippen molar-refractivity contribution in [3.8, 4) is 5.75 Å². The number of methoxy groups -OCH3 is 1. The van der Waals surface area contributed by atoms with Crippen molar-refractivity contribution < 1.29 is 19.9 Å². The molecule has 0 saturated carbocycles. The Labute approximate surface area is 109 Å². The molecule has 1 rings (SSSR count). The maximum atomic E-state index is 10.9. The highest BCUT2D eigenvalue weighted by atomic mass is 16.6. The van der Waals surface area contributed by atoms with Crippen LogP contribution in [-0.2, 0) is 0 Å². The molecule has 0 fully saturated rings. The van der Waals surface area contributed by atoms with Crippen LogP contribution >= 0.6 is 0 Å². The molecule has 0 heterocycles. The smallest absolute Gasteiger partial charge is 0.296 e. The second-order valence-electron chi connectivity index (χ2n) is 4.00. The number of aliphatic hydroxyl groups excluding tert-OH is 2. The van der Waals surface area contributed by atoms with Crippen LogP contribution in [0.25, 0.3) is 0 Å². The van der Waals surface area contributed by atoms with Crippen LogP contribution in [0.5, 0.6) is 5.75 Å². The molecule has 2 unspecified atom stereocenters. The molecule has 0 aromatic heterocycles. The van der Waals surface area contributed by atoms with Crippen molar-refractivity contribution in [2.75, 3.05) is 19.4 Å². The minimum absolute atomic E-state index is 0.0481. The lowest BCUT2D eigenvalue weighted by Gasteiger charge is -2.19. The third kappa shape index (κ3) is 3.31. The minimum atomic E-state index is -1.36. The number of nitrogen functional groups attached to an aromatic ring is 1. The number of rotatable bonds is 6. The molecule has 0 aliphatic carbocycles. The average Bonchev–Trinajstić information content (AvgIpc) is 2.38. The normalized spacial score (nSPS) is 13.9. The Morgan fingerprint density at radius 2 is 2.11 bits per heavy atom. The lowest BCUT2D eigenvalue weighted by molar-refractivity contribution is -0.384. The maximum absolute atomic E-state index is 10.9. The molecule has 0 aliphatic heterocycles. The number of hydrogen-bond donors (Lipinski definition) is 4. The van der Waals surface area contributed by atoms with Crippen molar-refractivity contribution in [3.05, 3.63) is 27.8 Å². The van der Waals surface area contributed by atoms with Gasteiger partial charge >= 0.3 is 0 Å². The number of benzene rings is 1. The van der Waals surface area contributed by atoms with E-state index < -0.39 is 17.1 Å². The van der Waals surface area contributed by atoms with E-state index in [0.717, 1.165) is 6.07 Å². The van der Waals surface area contributed by atoms with E-state index in [2.05, 4.69) is 0 Å². The van der Waals surface area contributed by atoms with Crippen molar-refractivity contribution in [2.24, 2.45) is 5.73 Å². The van der Waals surface area contributed by atoms with E-state index in [0.29, 0.717) is 0 Å². The van der Waals surface area contributed by atoms with Crippen LogP contribution in [-0.4, -0.2) is 34.9 Å². The second-order valence-corrected chi connectivity index (χ2v) is 4.00. The number of nitro groups is 1. The molecule has 0 saturated heterocycles. The van der Waals surface area contributed by atoms with Crippen LogP contribution in [0.2, 0.25) is 0 Å². The molecule has 6 N–H and O–H groups in total. The van der Waals surface area contributed by atoms with Gasteiger partial charge in [-0.3, -0.25) is 10.1 Å². The van der Waals surface area contributed by atoms with Crippen molar-refractivity contribution in [3.63, 3.8) is 0 Å². The van der Waals surface area contributed by atoms with E-state index in [4.69, 9.17) is 16.2 Å². The predicted molar refractivity (Wildman–Crippen MR) is 68.7 cm³/mol. The molecule has 19 heavy (non-hydrogen) atoms. The summed E-state index contributed by atoms with van der Waals surface area (Å²) in [7, 11) is 1.34. The summed E-state index contributed by atoms with van der Waals surface area (Å²) in [6.07, 6.45) is -2.37. The van der Waals surface area contributed by atoms with E-state index >= 15 is 0 Å². The summed E-state index contributed by atoms with van der Waals surface area (Å²) >= 11 is 0. The van der Waals surface area contributed by atoms with Crippen molar-refractivity contribution in [1.82, 2.24) is 0 Å². The van der Waals surface area contributed by atoms with E-state index in [1.54, 1.807) is 0 Å². The van der Waals surface area contributed by atoms with Crippen LogP contribution < -0.4 is 16.2 Å². The largest absolute Gasteiger partial charge is 0.496 e. The van der Waals surface area contributed by atoms with Gasteiger partial charge in [0.25, 0.3) is 5.69 Å². The van der Waals surface area contributed by atoms with Gasteiger partial charge in [0.1, 0.15) is 17.5 Å². The van der Waals surface area contributed by atoms with Gasteiger partial charge in [0.2, 0.25) is 0 Å². The predicted octanol–water partition coefficient (Wildman–Crippen LogP) is -0.0713. The highest BCUT2D eigenvalue weighted by Gasteiger charge is 2.26. The Kier molecular flexibility index (Phi) is 5.04. The van der Waals surface area contributed by atoms with Crippen LogP contribution in [0.4, 0.5) is 11.4 Å². The zero-order valence-corrected chi connectivity index (χ0v) is 10.4. The van der Waals surface area contributed by atoms with Crippen LogP contribution in [0.15, 0.2) is 12.1 Å². The molecule has 106 valence electrons. The number of nitrogens with zero attached hydrogens (tertiary/aromatic N) is 1. The van der Waals surface area contributed by atoms with E-state index in [1.807, 2.05) is 0 Å². The van der Waals surface area contributed by atoms with E-state index in [9.17, 15) is 20.3 Å². The topological polar surface area (TPSA) is 145 Å². The van der Waals surface area contributed by atoms with Gasteiger partial charge < -0.3 is 26.4 Å². The summed E-state index contributed by atoms with van der Waals surface area (Å²) in [5.74, 6) is 0.176. The molecule has 0 aliphatic rings. The number of aliphatic hydroxyl groups is 2. The SMILES string of the molecule is COc1cc(C(O)C(O)CCN)c(N)c([N+](=O)[O-])c1. The van der Waals surface area contributed by atoms with Gasteiger partial charge in [-0.2, -0.15) is 0 Å². The molecule has 1 aromatic rings. The molecule has 0 bridgehead atoms. The van der Waals surface area contributed by atoms with Crippen molar-refractivity contribution >= 4 is 11.4 Å². The number of nitro benzene ring substituents is 1. The number of nitrogens with two attached hydrogens (primary N) is 2. The molecule has 0 amide bonds. The number of anilines is 1. The number of ether oxygens (including phenoxy) is 1. The van der Waals surface area contributed by atoms with Crippen LogP contribution in [0, 0.1) is 10.1 Å². The standard InChI is InChI=1S/C11H17N3O5/c1-19-6-4-7(11(16)9(15)2-3-12)10(13)8(5-6)14(17)18/h4-5,9,11,15-16H,2-3,12-13H2,1H3. The van der Waals surface area contributed by atoms with Gasteiger partial charge in [0, 0.05) is 5.56 Å². The molecule has 8 heteroatoms. The summed E-state index contributed by atoms with van der Waals surface area (Å²) < 4.78 is 4.91. The van der Waals surface area contributed by atoms with Crippen molar-refractivity contribution in [1.29, 1.82) is 0 Å². The van der Waals surface area contributed by atoms with Gasteiger partial charge in [-0.05, 0) is 19.0 Å². The average molecular weight is 271 g/mol. The van der Waals surface area contributed by atoms with Gasteiger partial charge in [0.15, 0.2) is 0 Å². The minimum Gasteiger partial charge on any atom is -0.496 e. The van der Waals surface area contributed by atoms with E-state index in [-0.39, 0.29) is 35.7 Å². The molecule has 1 aromatic carbocycles. The van der Waals surface area contributed by atoms with Crippen LogP contribution in [0.3, 0.4) is 0 Å². The van der Waals surface area contributed by atoms with Gasteiger partial charge in [-0.1, -0.05) is 0 Å². The Balaban J connectivity index is 3.25. The maximum Gasteiger partial charge on any atom is 0.296 e. The summed E-state index contributed by atoms with van der Waals surface area (Å²) in [5, 5.41) is 30.5. The first-order valence-corrected chi connectivity index (χ1v) is 5.60. The third-order valence-electron chi connectivity index (χ3n) is 2.74. The lowest BCUT2D eigenvalue weighted by Crippen LogP contribution is -2.23. The van der Waals surface area contributed by atoms with Crippen molar-refractivity contribution in [2.45, 2.75) is 18.6 Å². The monoisotopic (exact) mass is 271 g/mol. The van der Waals surface area contributed by atoms with Gasteiger partial charge in [-0.25, -0.2) is 0 Å². The zero-order chi connectivity index (χ0) is 14.6. The summed E-state index contributed by atoms with van der Waals surface area (Å²) in [6.45, 7) is 0.171. The summed E-state index contributed by atoms with van der Waals surface area (Å²) in [5.41, 5.74) is 10.4. The fourth-order valence-corrected chi connectivity index (χ4v) is 1.68. The number of hydrogen-bond acceptors (Lipinski definition) is 7. The fraction of sp³-hybridized carbons (Fsp3) is 0.455. The summed E-state index contributed by atoms with van der Waals surface area (Å²) in [4.78, 5) is 10.2. The lowest BCUT2D eigenvalue weighted by atomic mass is 9.99. The molecule has 0 spiro atoms. The Hall–Kier alpha value is -1.90. The first kappa shape index (κ1) is 15.2.